The maximum absolute atomic E-state index is 5.53. The Morgan fingerprint density at radius 3 is 2.75 bits per heavy atom. The predicted molar refractivity (Wildman–Crippen MR) is 60.0 cm³/mol. The molecule has 12 heavy (non-hydrogen) atoms. The van der Waals surface area contributed by atoms with Gasteiger partial charge < -0.3 is 15.2 Å². The van der Waals surface area contributed by atoms with Crippen LogP contribution in [0.1, 0.15) is 13.3 Å². The van der Waals surface area contributed by atoms with Gasteiger partial charge >= 0.3 is 0 Å². The average molecular weight is 206 g/mol. The van der Waals surface area contributed by atoms with Crippen molar-refractivity contribution in [2.24, 2.45) is 5.73 Å². The fraction of sp³-hybridized carbons (Fsp3) is 1.00. The summed E-state index contributed by atoms with van der Waals surface area (Å²) in [6, 6.07) is 2.60. The third-order valence-corrected chi connectivity index (χ3v) is 6.62. The minimum absolute atomic E-state index is 0.742. The number of nitrogens with one attached hydrogen (secondary N) is 1. The van der Waals surface area contributed by atoms with E-state index in [9.17, 15) is 0 Å². The van der Waals surface area contributed by atoms with Gasteiger partial charge in [-0.15, -0.1) is 0 Å². The lowest BCUT2D eigenvalue weighted by molar-refractivity contribution is 0.607. The van der Waals surface area contributed by atoms with Crippen molar-refractivity contribution >= 4 is 19.5 Å². The number of rotatable bonds is 8. The number of hydrogen-bond acceptors (Lipinski definition) is 3. The zero-order valence-electron chi connectivity index (χ0n) is 8.31. The van der Waals surface area contributed by atoms with Gasteiger partial charge in [-0.25, -0.2) is 0 Å². The quantitative estimate of drug-likeness (QED) is 0.394. The summed E-state index contributed by atoms with van der Waals surface area (Å²) >= 11 is 0. The molecule has 1 unspecified atom stereocenters. The molecule has 0 bridgehead atoms. The second-order valence-corrected chi connectivity index (χ2v) is 7.47. The van der Waals surface area contributed by atoms with Crippen LogP contribution in [0.3, 0.4) is 0 Å². The third-order valence-electron chi connectivity index (χ3n) is 1.99. The van der Waals surface area contributed by atoms with E-state index in [1.54, 1.807) is 0 Å². The molecule has 0 radical (unpaired) electrons. The normalized spacial score (nSPS) is 13.5. The second-order valence-electron chi connectivity index (χ2n) is 2.95. The molecular formula is C7H22N2OSi2. The van der Waals surface area contributed by atoms with Crippen LogP contribution in [0, 0.1) is 0 Å². The zero-order chi connectivity index (χ0) is 9.23. The molecule has 0 aliphatic heterocycles. The minimum atomic E-state index is -0.753. The Morgan fingerprint density at radius 2 is 2.25 bits per heavy atom. The molecule has 0 aliphatic rings. The predicted octanol–water partition coefficient (Wildman–Crippen LogP) is -1.03. The van der Waals surface area contributed by atoms with Crippen LogP contribution in [0.2, 0.25) is 12.1 Å². The standard InChI is InChI=1S/C7H22N2OSi2/c1-2-12(10-11)7-3-5-9-6-4-8/h9,12H,2-8H2,1,11H3. The van der Waals surface area contributed by atoms with Crippen molar-refractivity contribution in [2.75, 3.05) is 19.6 Å². The minimum Gasteiger partial charge on any atom is -0.466 e. The largest absolute Gasteiger partial charge is 0.466 e. The Labute approximate surface area is 80.3 Å². The van der Waals surface area contributed by atoms with E-state index < -0.39 is 9.04 Å². The summed E-state index contributed by atoms with van der Waals surface area (Å²) in [6.45, 7) is 5.03. The van der Waals surface area contributed by atoms with E-state index in [4.69, 9.17) is 9.85 Å². The SMILES string of the molecule is CC[SiH](CCCNCCN)O[SiH3]. The highest BCUT2D eigenvalue weighted by molar-refractivity contribution is 6.55. The average Bonchev–Trinajstić information content (AvgIpc) is 2.11. The van der Waals surface area contributed by atoms with E-state index in [0.29, 0.717) is 0 Å². The van der Waals surface area contributed by atoms with E-state index >= 15 is 0 Å². The molecule has 0 spiro atoms. The maximum atomic E-state index is 5.53. The van der Waals surface area contributed by atoms with E-state index in [1.165, 1.54) is 18.5 Å². The van der Waals surface area contributed by atoms with E-state index in [2.05, 4.69) is 12.2 Å². The van der Waals surface area contributed by atoms with Crippen molar-refractivity contribution in [2.45, 2.75) is 25.4 Å². The molecule has 0 saturated heterocycles. The van der Waals surface area contributed by atoms with Crippen LogP contribution < -0.4 is 11.1 Å². The van der Waals surface area contributed by atoms with E-state index in [1.807, 2.05) is 0 Å². The fourth-order valence-electron chi connectivity index (χ4n) is 1.17. The molecule has 74 valence electrons. The first-order valence-electron chi connectivity index (χ1n) is 4.78. The van der Waals surface area contributed by atoms with Gasteiger partial charge in [0, 0.05) is 13.1 Å². The van der Waals surface area contributed by atoms with Crippen LogP contribution in [-0.2, 0) is 4.12 Å². The van der Waals surface area contributed by atoms with Crippen LogP contribution in [-0.4, -0.2) is 39.2 Å². The van der Waals surface area contributed by atoms with Gasteiger partial charge in [0.1, 0.15) is 10.5 Å². The summed E-state index contributed by atoms with van der Waals surface area (Å²) in [6.07, 6.45) is 1.26. The summed E-state index contributed by atoms with van der Waals surface area (Å²) < 4.78 is 5.53. The summed E-state index contributed by atoms with van der Waals surface area (Å²) in [7, 11) is 0.170. The molecule has 0 heterocycles. The Hall–Kier alpha value is 0.314. The van der Waals surface area contributed by atoms with Crippen molar-refractivity contribution < 1.29 is 4.12 Å². The van der Waals surface area contributed by atoms with Gasteiger partial charge in [-0.05, 0) is 25.1 Å². The van der Waals surface area contributed by atoms with Gasteiger partial charge in [0.2, 0.25) is 0 Å². The van der Waals surface area contributed by atoms with Crippen molar-refractivity contribution in [3.63, 3.8) is 0 Å². The van der Waals surface area contributed by atoms with Gasteiger partial charge in [0.05, 0.1) is 0 Å². The lowest BCUT2D eigenvalue weighted by Gasteiger charge is -2.11. The highest BCUT2D eigenvalue weighted by Gasteiger charge is 2.04. The van der Waals surface area contributed by atoms with Crippen LogP contribution in [0.25, 0.3) is 0 Å². The second kappa shape index (κ2) is 9.40. The molecule has 1 atom stereocenters. The van der Waals surface area contributed by atoms with Gasteiger partial charge in [-0.3, -0.25) is 0 Å². The van der Waals surface area contributed by atoms with Crippen LogP contribution in [0.4, 0.5) is 0 Å². The highest BCUT2D eigenvalue weighted by Crippen LogP contribution is 2.01. The zero-order valence-corrected chi connectivity index (χ0v) is 11.5. The summed E-state index contributed by atoms with van der Waals surface area (Å²) in [5.74, 6) is 0. The molecule has 0 aromatic heterocycles. The molecule has 0 aromatic rings. The first-order valence-corrected chi connectivity index (χ1v) is 7.70. The Kier molecular flexibility index (Phi) is 9.65. The first kappa shape index (κ1) is 12.3. The number of hydrogen-bond donors (Lipinski definition) is 2. The monoisotopic (exact) mass is 206 g/mol. The molecule has 0 rings (SSSR count). The van der Waals surface area contributed by atoms with Crippen LogP contribution >= 0.6 is 0 Å². The van der Waals surface area contributed by atoms with Gasteiger partial charge in [0.25, 0.3) is 0 Å². The molecule has 0 aliphatic carbocycles. The van der Waals surface area contributed by atoms with E-state index in [0.717, 1.165) is 30.1 Å². The first-order chi connectivity index (χ1) is 5.85. The molecule has 5 heteroatoms. The molecule has 3 N–H and O–H groups in total. The van der Waals surface area contributed by atoms with Gasteiger partial charge in [-0.1, -0.05) is 6.92 Å². The van der Waals surface area contributed by atoms with Gasteiger partial charge in [-0.2, -0.15) is 0 Å². The molecule has 3 nitrogen and oxygen atoms in total. The molecule has 0 saturated carbocycles. The fourth-order valence-corrected chi connectivity index (χ4v) is 4.51. The smallest absolute Gasteiger partial charge is 0.162 e. The lowest BCUT2D eigenvalue weighted by atomic mass is 10.5. The summed E-state index contributed by atoms with van der Waals surface area (Å²) in [5, 5.41) is 3.29. The summed E-state index contributed by atoms with van der Waals surface area (Å²) in [4.78, 5) is 0. The van der Waals surface area contributed by atoms with Crippen molar-refractivity contribution in [3.05, 3.63) is 0 Å². The van der Waals surface area contributed by atoms with Crippen molar-refractivity contribution in [1.82, 2.24) is 5.32 Å². The Morgan fingerprint density at radius 1 is 1.50 bits per heavy atom. The Balaban J connectivity index is 3.06. The lowest BCUT2D eigenvalue weighted by Crippen LogP contribution is -2.24. The Bertz CT molecular complexity index is 91.5. The third kappa shape index (κ3) is 6.99. The highest BCUT2D eigenvalue weighted by atomic mass is 28.3. The molecule has 0 amide bonds. The maximum Gasteiger partial charge on any atom is 0.162 e. The van der Waals surface area contributed by atoms with Crippen molar-refractivity contribution in [3.8, 4) is 0 Å². The molecule has 0 aromatic carbocycles. The van der Waals surface area contributed by atoms with E-state index in [-0.39, 0.29) is 0 Å². The van der Waals surface area contributed by atoms with Crippen LogP contribution in [0.5, 0.6) is 0 Å². The molecular weight excluding hydrogens is 184 g/mol. The summed E-state index contributed by atoms with van der Waals surface area (Å²) in [5.41, 5.74) is 5.35. The van der Waals surface area contributed by atoms with Crippen LogP contribution in [0.15, 0.2) is 0 Å². The van der Waals surface area contributed by atoms with Gasteiger partial charge in [0.15, 0.2) is 9.04 Å². The number of nitrogens with two attached hydrogens (primary N) is 1. The van der Waals surface area contributed by atoms with Crippen molar-refractivity contribution in [1.29, 1.82) is 0 Å². The topological polar surface area (TPSA) is 47.3 Å². The molecule has 0 fully saturated rings.